The number of benzene rings is 1. The second-order valence-electron chi connectivity index (χ2n) is 5.16. The van der Waals surface area contributed by atoms with Gasteiger partial charge in [-0.2, -0.15) is 18.0 Å². The van der Waals surface area contributed by atoms with Crippen molar-refractivity contribution in [2.24, 2.45) is 0 Å². The smallest absolute Gasteiger partial charge is 0.278 e. The van der Waals surface area contributed by atoms with Crippen molar-refractivity contribution in [1.29, 1.82) is 0 Å². The number of imidazole rings is 1. The molecule has 1 N–H and O–H groups in total. The Morgan fingerprint density at radius 3 is 2.65 bits per heavy atom. The second kappa shape index (κ2) is 5.93. The predicted octanol–water partition coefficient (Wildman–Crippen LogP) is 3.02. The van der Waals surface area contributed by atoms with Crippen molar-refractivity contribution in [3.8, 4) is 0 Å². The number of para-hydroxylation sites is 1. The SMILES string of the molecule is CCc1nn2c(S(=O)(=O)Nc3ccccc3CC)c(C)nc2s1. The van der Waals surface area contributed by atoms with Crippen LogP contribution < -0.4 is 4.72 Å². The predicted molar refractivity (Wildman–Crippen MR) is 91.6 cm³/mol. The highest BCUT2D eigenvalue weighted by molar-refractivity contribution is 7.92. The first-order valence-electron chi connectivity index (χ1n) is 7.42. The minimum Gasteiger partial charge on any atom is -0.278 e. The monoisotopic (exact) mass is 350 g/mol. The van der Waals surface area contributed by atoms with Crippen molar-refractivity contribution in [1.82, 2.24) is 14.6 Å². The van der Waals surface area contributed by atoms with Crippen molar-refractivity contribution in [2.45, 2.75) is 38.6 Å². The normalized spacial score (nSPS) is 12.0. The van der Waals surface area contributed by atoms with Gasteiger partial charge in [-0.15, -0.1) is 0 Å². The highest BCUT2D eigenvalue weighted by Crippen LogP contribution is 2.25. The third-order valence-corrected chi connectivity index (χ3v) is 6.09. The number of anilines is 1. The Labute approximate surface area is 139 Å². The fourth-order valence-corrected chi connectivity index (χ4v) is 4.75. The van der Waals surface area contributed by atoms with E-state index in [2.05, 4.69) is 14.8 Å². The topological polar surface area (TPSA) is 76.4 Å². The molecule has 6 nitrogen and oxygen atoms in total. The fraction of sp³-hybridized carbons (Fsp3) is 0.333. The molecular formula is C15H18N4O2S2. The number of nitrogens with one attached hydrogen (secondary N) is 1. The number of fused-ring (bicyclic) bond motifs is 1. The number of aryl methyl sites for hydroxylation is 3. The van der Waals surface area contributed by atoms with Crippen molar-refractivity contribution in [3.63, 3.8) is 0 Å². The molecule has 3 aromatic rings. The van der Waals surface area contributed by atoms with Gasteiger partial charge in [0.25, 0.3) is 10.0 Å². The van der Waals surface area contributed by atoms with Crippen LogP contribution in [-0.2, 0) is 22.9 Å². The van der Waals surface area contributed by atoms with E-state index in [1.165, 1.54) is 15.9 Å². The van der Waals surface area contributed by atoms with Crippen molar-refractivity contribution in [2.75, 3.05) is 4.72 Å². The lowest BCUT2D eigenvalue weighted by atomic mass is 10.1. The van der Waals surface area contributed by atoms with Crippen LogP contribution in [0.3, 0.4) is 0 Å². The Morgan fingerprint density at radius 1 is 1.22 bits per heavy atom. The first-order valence-corrected chi connectivity index (χ1v) is 9.72. The van der Waals surface area contributed by atoms with Gasteiger partial charge in [0.05, 0.1) is 11.4 Å². The van der Waals surface area contributed by atoms with Crippen LogP contribution >= 0.6 is 11.3 Å². The summed E-state index contributed by atoms with van der Waals surface area (Å²) in [7, 11) is -3.76. The van der Waals surface area contributed by atoms with Gasteiger partial charge in [0.15, 0.2) is 0 Å². The van der Waals surface area contributed by atoms with E-state index in [9.17, 15) is 8.42 Å². The molecule has 1 aromatic carbocycles. The lowest BCUT2D eigenvalue weighted by molar-refractivity contribution is 0.592. The minimum atomic E-state index is -3.76. The highest BCUT2D eigenvalue weighted by atomic mass is 32.2. The van der Waals surface area contributed by atoms with Crippen molar-refractivity contribution >= 4 is 32.0 Å². The van der Waals surface area contributed by atoms with Gasteiger partial charge in [0, 0.05) is 0 Å². The quantitative estimate of drug-likeness (QED) is 0.767. The van der Waals surface area contributed by atoms with Gasteiger partial charge in [0.1, 0.15) is 5.01 Å². The molecule has 0 saturated carbocycles. The maximum Gasteiger partial charge on any atom is 0.281 e. The average Bonchev–Trinajstić information content (AvgIpc) is 3.03. The summed E-state index contributed by atoms with van der Waals surface area (Å²) in [6, 6.07) is 7.39. The molecule has 0 aliphatic rings. The van der Waals surface area contributed by atoms with Crippen LogP contribution in [0, 0.1) is 6.92 Å². The van der Waals surface area contributed by atoms with E-state index < -0.39 is 10.0 Å². The van der Waals surface area contributed by atoms with Crippen LogP contribution in [0.4, 0.5) is 5.69 Å². The zero-order chi connectivity index (χ0) is 16.6. The molecule has 0 bridgehead atoms. The van der Waals surface area contributed by atoms with Gasteiger partial charge in [-0.1, -0.05) is 43.4 Å². The Kier molecular flexibility index (Phi) is 4.11. The number of rotatable bonds is 5. The Morgan fingerprint density at radius 2 is 1.96 bits per heavy atom. The van der Waals surface area contributed by atoms with E-state index in [4.69, 9.17) is 0 Å². The molecule has 2 heterocycles. The number of aromatic nitrogens is 3. The standard InChI is InChI=1S/C15H18N4O2S2/c1-4-11-8-6-7-9-12(11)18-23(20,21)14-10(3)16-15-19(14)17-13(5-2)22-15/h6-9,18H,4-5H2,1-3H3. The summed E-state index contributed by atoms with van der Waals surface area (Å²) in [6.45, 7) is 5.66. The van der Waals surface area contributed by atoms with Gasteiger partial charge < -0.3 is 0 Å². The minimum absolute atomic E-state index is 0.106. The average molecular weight is 350 g/mol. The third kappa shape index (κ3) is 2.84. The molecule has 0 aliphatic carbocycles. The fourth-order valence-electron chi connectivity index (χ4n) is 2.44. The Hall–Kier alpha value is -1.93. The van der Waals surface area contributed by atoms with Crippen molar-refractivity contribution in [3.05, 3.63) is 40.5 Å². The summed E-state index contributed by atoms with van der Waals surface area (Å²) < 4.78 is 29.8. The summed E-state index contributed by atoms with van der Waals surface area (Å²) in [6.07, 6.45) is 1.49. The second-order valence-corrected chi connectivity index (χ2v) is 7.80. The Balaban J connectivity index is 2.09. The molecule has 0 radical (unpaired) electrons. The zero-order valence-electron chi connectivity index (χ0n) is 13.2. The van der Waals surface area contributed by atoms with Gasteiger partial charge in [-0.3, -0.25) is 4.72 Å². The lowest BCUT2D eigenvalue weighted by Gasteiger charge is -2.11. The summed E-state index contributed by atoms with van der Waals surface area (Å²) in [5.74, 6) is 0. The maximum atomic E-state index is 12.9. The van der Waals surface area contributed by atoms with E-state index in [1.54, 1.807) is 13.0 Å². The first-order chi connectivity index (χ1) is 11.0. The summed E-state index contributed by atoms with van der Waals surface area (Å²) in [5, 5.41) is 5.32. The summed E-state index contributed by atoms with van der Waals surface area (Å²) in [5.41, 5.74) is 1.99. The molecule has 23 heavy (non-hydrogen) atoms. The van der Waals surface area contributed by atoms with Gasteiger partial charge in [0.2, 0.25) is 9.99 Å². The Bertz CT molecular complexity index is 957. The number of hydrogen-bond donors (Lipinski definition) is 1. The molecule has 122 valence electrons. The van der Waals surface area contributed by atoms with Gasteiger partial charge >= 0.3 is 0 Å². The van der Waals surface area contributed by atoms with Crippen molar-refractivity contribution < 1.29 is 8.42 Å². The largest absolute Gasteiger partial charge is 0.281 e. The van der Waals surface area contributed by atoms with Crippen LogP contribution in [0.25, 0.3) is 4.96 Å². The molecule has 0 fully saturated rings. The molecule has 0 aliphatic heterocycles. The first kappa shape index (κ1) is 15.9. The summed E-state index contributed by atoms with van der Waals surface area (Å²) >= 11 is 1.41. The molecule has 0 saturated heterocycles. The van der Waals surface area contributed by atoms with E-state index in [0.29, 0.717) is 16.3 Å². The molecule has 0 amide bonds. The molecule has 8 heteroatoms. The molecule has 3 rings (SSSR count). The maximum absolute atomic E-state index is 12.9. The molecule has 0 unspecified atom stereocenters. The van der Waals surface area contributed by atoms with E-state index in [1.807, 2.05) is 32.0 Å². The lowest BCUT2D eigenvalue weighted by Crippen LogP contribution is -2.17. The summed E-state index contributed by atoms with van der Waals surface area (Å²) in [4.78, 5) is 4.93. The zero-order valence-corrected chi connectivity index (χ0v) is 14.8. The number of nitrogens with zero attached hydrogens (tertiary/aromatic N) is 3. The molecular weight excluding hydrogens is 332 g/mol. The van der Waals surface area contributed by atoms with E-state index in [-0.39, 0.29) is 5.03 Å². The van der Waals surface area contributed by atoms with Crippen LogP contribution in [0.15, 0.2) is 29.3 Å². The number of hydrogen-bond acceptors (Lipinski definition) is 5. The molecule has 2 aromatic heterocycles. The van der Waals surface area contributed by atoms with Crippen LogP contribution in [-0.4, -0.2) is 23.0 Å². The third-order valence-electron chi connectivity index (χ3n) is 3.57. The van der Waals surface area contributed by atoms with Crippen LogP contribution in [0.1, 0.15) is 30.1 Å². The number of sulfonamides is 1. The van der Waals surface area contributed by atoms with Gasteiger partial charge in [-0.05, 0) is 31.4 Å². The van der Waals surface area contributed by atoms with E-state index >= 15 is 0 Å². The van der Waals surface area contributed by atoms with Gasteiger partial charge in [-0.25, -0.2) is 4.98 Å². The van der Waals surface area contributed by atoms with Crippen LogP contribution in [0.5, 0.6) is 0 Å². The molecule has 0 atom stereocenters. The highest BCUT2D eigenvalue weighted by Gasteiger charge is 2.26. The van der Waals surface area contributed by atoms with Crippen LogP contribution in [0.2, 0.25) is 0 Å². The molecule has 0 spiro atoms. The van der Waals surface area contributed by atoms with E-state index in [0.717, 1.165) is 23.4 Å².